The summed E-state index contributed by atoms with van der Waals surface area (Å²) in [4.78, 5) is 25.8. The predicted octanol–water partition coefficient (Wildman–Crippen LogP) is 3.07. The van der Waals surface area contributed by atoms with E-state index in [1.807, 2.05) is 30.3 Å². The Hall–Kier alpha value is -1.84. The summed E-state index contributed by atoms with van der Waals surface area (Å²) in [6.45, 7) is 1.98. The van der Waals surface area contributed by atoms with E-state index in [9.17, 15) is 14.7 Å². The summed E-state index contributed by atoms with van der Waals surface area (Å²) in [6, 6.07) is 8.84. The molecular weight excluding hydrogens is 278 g/mol. The van der Waals surface area contributed by atoms with Gasteiger partial charge in [0.25, 0.3) is 0 Å². The molecule has 1 amide bonds. The third kappa shape index (κ3) is 2.74. The third-order valence-corrected chi connectivity index (χ3v) is 5.39. The van der Waals surface area contributed by atoms with Gasteiger partial charge in [-0.1, -0.05) is 43.2 Å². The van der Waals surface area contributed by atoms with Gasteiger partial charge in [0.05, 0.1) is 0 Å². The molecule has 0 aromatic heterocycles. The Balaban J connectivity index is 1.76. The highest BCUT2D eigenvalue weighted by Crippen LogP contribution is 2.63. The topological polar surface area (TPSA) is 57.6 Å². The Morgan fingerprint density at radius 1 is 1.27 bits per heavy atom. The molecule has 2 saturated carbocycles. The van der Waals surface area contributed by atoms with Crippen LogP contribution in [0.1, 0.15) is 44.6 Å². The summed E-state index contributed by atoms with van der Waals surface area (Å²) in [5, 5.41) is 9.34. The van der Waals surface area contributed by atoms with Crippen LogP contribution in [0.15, 0.2) is 30.3 Å². The van der Waals surface area contributed by atoms with Crippen molar-refractivity contribution >= 4 is 11.9 Å². The molecule has 4 heteroatoms. The zero-order chi connectivity index (χ0) is 15.7. The van der Waals surface area contributed by atoms with Gasteiger partial charge >= 0.3 is 5.97 Å². The fraction of sp³-hybridized carbons (Fsp3) is 0.556. The number of carboxylic acids is 1. The van der Waals surface area contributed by atoms with Crippen molar-refractivity contribution < 1.29 is 14.7 Å². The molecule has 2 unspecified atom stereocenters. The van der Waals surface area contributed by atoms with E-state index < -0.39 is 12.0 Å². The van der Waals surface area contributed by atoms with Crippen molar-refractivity contribution in [2.45, 2.75) is 51.6 Å². The Labute approximate surface area is 131 Å². The molecule has 118 valence electrons. The summed E-state index contributed by atoms with van der Waals surface area (Å²) in [6.07, 6.45) is 5.62. The lowest BCUT2D eigenvalue weighted by Crippen LogP contribution is -2.44. The normalized spacial score (nSPS) is 23.2. The van der Waals surface area contributed by atoms with E-state index in [1.54, 1.807) is 11.8 Å². The van der Waals surface area contributed by atoms with Crippen molar-refractivity contribution in [3.05, 3.63) is 35.9 Å². The molecule has 2 aliphatic carbocycles. The fourth-order valence-electron chi connectivity index (χ4n) is 3.85. The molecule has 2 aliphatic rings. The minimum absolute atomic E-state index is 0.0284. The zero-order valence-corrected chi connectivity index (χ0v) is 13.0. The SMILES string of the molecule is CC(C(=O)O)N(Cc1ccccc1)C(=O)C1CC12CCCC2. The van der Waals surface area contributed by atoms with Crippen molar-refractivity contribution in [2.75, 3.05) is 0 Å². The van der Waals surface area contributed by atoms with Crippen molar-refractivity contribution in [3.63, 3.8) is 0 Å². The highest BCUT2D eigenvalue weighted by atomic mass is 16.4. The summed E-state index contributed by atoms with van der Waals surface area (Å²) in [5.74, 6) is -0.869. The maximum atomic E-state index is 12.9. The van der Waals surface area contributed by atoms with Gasteiger partial charge in [0.2, 0.25) is 5.91 Å². The lowest BCUT2D eigenvalue weighted by molar-refractivity contribution is -0.151. The molecule has 1 aromatic carbocycles. The number of amides is 1. The Bertz CT molecular complexity index is 563. The molecule has 2 atom stereocenters. The van der Waals surface area contributed by atoms with Gasteiger partial charge in [-0.3, -0.25) is 4.79 Å². The van der Waals surface area contributed by atoms with Crippen LogP contribution in [-0.2, 0) is 16.1 Å². The molecule has 0 heterocycles. The first kappa shape index (κ1) is 15.1. The van der Waals surface area contributed by atoms with Gasteiger partial charge < -0.3 is 10.0 Å². The van der Waals surface area contributed by atoms with E-state index >= 15 is 0 Å². The molecule has 0 saturated heterocycles. The highest BCUT2D eigenvalue weighted by molar-refractivity contribution is 5.87. The first-order valence-electron chi connectivity index (χ1n) is 8.11. The van der Waals surface area contributed by atoms with E-state index in [-0.39, 0.29) is 17.2 Å². The van der Waals surface area contributed by atoms with E-state index in [1.165, 1.54) is 12.8 Å². The van der Waals surface area contributed by atoms with Crippen LogP contribution in [0.4, 0.5) is 0 Å². The first-order valence-corrected chi connectivity index (χ1v) is 8.11. The molecule has 4 nitrogen and oxygen atoms in total. The Morgan fingerprint density at radius 3 is 2.50 bits per heavy atom. The number of hydrogen-bond acceptors (Lipinski definition) is 2. The minimum Gasteiger partial charge on any atom is -0.480 e. The van der Waals surface area contributed by atoms with Gasteiger partial charge in [-0.25, -0.2) is 4.79 Å². The van der Waals surface area contributed by atoms with Crippen LogP contribution in [0.5, 0.6) is 0 Å². The van der Waals surface area contributed by atoms with Crippen LogP contribution in [0, 0.1) is 11.3 Å². The van der Waals surface area contributed by atoms with E-state index in [4.69, 9.17) is 0 Å². The van der Waals surface area contributed by atoms with E-state index in [2.05, 4.69) is 0 Å². The lowest BCUT2D eigenvalue weighted by Gasteiger charge is -2.27. The van der Waals surface area contributed by atoms with Crippen LogP contribution >= 0.6 is 0 Å². The number of carbonyl (C=O) groups excluding carboxylic acids is 1. The van der Waals surface area contributed by atoms with Crippen LogP contribution in [0.25, 0.3) is 0 Å². The first-order chi connectivity index (χ1) is 10.5. The summed E-state index contributed by atoms with van der Waals surface area (Å²) >= 11 is 0. The zero-order valence-electron chi connectivity index (χ0n) is 13.0. The van der Waals surface area contributed by atoms with Gasteiger partial charge in [0.15, 0.2) is 0 Å². The van der Waals surface area contributed by atoms with Gasteiger partial charge in [-0.15, -0.1) is 0 Å². The van der Waals surface area contributed by atoms with Crippen LogP contribution in [-0.4, -0.2) is 27.9 Å². The number of rotatable bonds is 5. The van der Waals surface area contributed by atoms with Crippen LogP contribution in [0.3, 0.4) is 0 Å². The number of hydrogen-bond donors (Lipinski definition) is 1. The quantitative estimate of drug-likeness (QED) is 0.909. The van der Waals surface area contributed by atoms with Crippen molar-refractivity contribution in [2.24, 2.45) is 11.3 Å². The third-order valence-electron chi connectivity index (χ3n) is 5.39. The number of carboxylic acid groups (broad SMARTS) is 1. The summed E-state index contributed by atoms with van der Waals surface area (Å²) < 4.78 is 0. The predicted molar refractivity (Wildman–Crippen MR) is 83.1 cm³/mol. The second-order valence-corrected chi connectivity index (χ2v) is 6.79. The average molecular weight is 301 g/mol. The maximum Gasteiger partial charge on any atom is 0.326 e. The summed E-state index contributed by atoms with van der Waals surface area (Å²) in [7, 11) is 0. The minimum atomic E-state index is -0.939. The standard InChI is InChI=1S/C18H23NO3/c1-13(17(21)22)19(12-14-7-3-2-4-8-14)16(20)15-11-18(15)9-5-6-10-18/h2-4,7-8,13,15H,5-6,9-12H2,1H3,(H,21,22). The van der Waals surface area contributed by atoms with E-state index in [0.717, 1.165) is 24.8 Å². The molecule has 0 bridgehead atoms. The number of benzene rings is 1. The molecule has 1 spiro atoms. The average Bonchev–Trinajstić information content (AvgIpc) is 3.01. The smallest absolute Gasteiger partial charge is 0.326 e. The molecular formula is C18H23NO3. The van der Waals surface area contributed by atoms with Gasteiger partial charge in [-0.05, 0) is 37.2 Å². The lowest BCUT2D eigenvalue weighted by atomic mass is 10.0. The second-order valence-electron chi connectivity index (χ2n) is 6.79. The number of nitrogens with zero attached hydrogens (tertiary/aromatic N) is 1. The number of aliphatic carboxylic acids is 1. The van der Waals surface area contributed by atoms with Crippen LogP contribution < -0.4 is 0 Å². The molecule has 0 aliphatic heterocycles. The largest absolute Gasteiger partial charge is 0.480 e. The molecule has 1 aromatic rings. The fourth-order valence-corrected chi connectivity index (χ4v) is 3.85. The molecule has 1 N–H and O–H groups in total. The van der Waals surface area contributed by atoms with Crippen molar-refractivity contribution in [3.8, 4) is 0 Å². The maximum absolute atomic E-state index is 12.9. The number of carbonyl (C=O) groups is 2. The Morgan fingerprint density at radius 2 is 1.91 bits per heavy atom. The van der Waals surface area contributed by atoms with Gasteiger partial charge in [-0.2, -0.15) is 0 Å². The van der Waals surface area contributed by atoms with Crippen molar-refractivity contribution in [1.29, 1.82) is 0 Å². The molecule has 22 heavy (non-hydrogen) atoms. The highest BCUT2D eigenvalue weighted by Gasteiger charge is 2.59. The Kier molecular flexibility index (Phi) is 3.94. The molecule has 2 fully saturated rings. The van der Waals surface area contributed by atoms with E-state index in [0.29, 0.717) is 6.54 Å². The van der Waals surface area contributed by atoms with Crippen molar-refractivity contribution in [1.82, 2.24) is 4.90 Å². The molecule has 3 rings (SSSR count). The monoisotopic (exact) mass is 301 g/mol. The second kappa shape index (κ2) is 5.75. The molecule has 0 radical (unpaired) electrons. The van der Waals surface area contributed by atoms with Crippen LogP contribution in [0.2, 0.25) is 0 Å². The van der Waals surface area contributed by atoms with Gasteiger partial charge in [0, 0.05) is 12.5 Å². The summed E-state index contributed by atoms with van der Waals surface area (Å²) in [5.41, 5.74) is 1.18. The van der Waals surface area contributed by atoms with Gasteiger partial charge in [0.1, 0.15) is 6.04 Å².